The first-order chi connectivity index (χ1) is 11.9. The van der Waals surface area contributed by atoms with Crippen LogP contribution in [0.5, 0.6) is 11.5 Å². The molecular weight excluding hydrogens is 342 g/mol. The van der Waals surface area contributed by atoms with Gasteiger partial charge in [0.2, 0.25) is 0 Å². The maximum absolute atomic E-state index is 6.31. The number of methoxy groups -OCH3 is 2. The van der Waals surface area contributed by atoms with Gasteiger partial charge in [-0.1, -0.05) is 11.6 Å². The average molecular weight is 372 g/mol. The van der Waals surface area contributed by atoms with Crippen LogP contribution in [0.15, 0.2) is 17.1 Å². The first-order valence-corrected chi connectivity index (χ1v) is 8.81. The van der Waals surface area contributed by atoms with Gasteiger partial charge in [0, 0.05) is 20.2 Å². The molecule has 0 heterocycles. The van der Waals surface area contributed by atoms with Crippen molar-refractivity contribution in [3.05, 3.63) is 22.7 Å². The summed E-state index contributed by atoms with van der Waals surface area (Å²) in [5, 5.41) is 7.02. The second kappa shape index (κ2) is 10.4. The largest absolute Gasteiger partial charge is 0.493 e. The van der Waals surface area contributed by atoms with Gasteiger partial charge < -0.3 is 24.8 Å². The highest BCUT2D eigenvalue weighted by Gasteiger charge is 2.16. The molecule has 7 heteroatoms. The molecule has 0 fully saturated rings. The minimum atomic E-state index is -0.276. The number of hydrogen-bond acceptors (Lipinski definition) is 4. The highest BCUT2D eigenvalue weighted by Crippen LogP contribution is 2.36. The number of ether oxygens (including phenoxy) is 3. The third-order valence-electron chi connectivity index (χ3n) is 3.58. The van der Waals surface area contributed by atoms with E-state index in [0.717, 1.165) is 18.1 Å². The predicted molar refractivity (Wildman–Crippen MR) is 103 cm³/mol. The maximum Gasteiger partial charge on any atom is 0.191 e. The van der Waals surface area contributed by atoms with Crippen molar-refractivity contribution in [3.8, 4) is 11.5 Å². The zero-order valence-electron chi connectivity index (χ0n) is 16.0. The Hall–Kier alpha value is -1.66. The summed E-state index contributed by atoms with van der Waals surface area (Å²) in [6, 6.07) is 3.74. The fraction of sp³-hybridized carbons (Fsp3) is 0.611. The summed E-state index contributed by atoms with van der Waals surface area (Å²) in [6.45, 7) is 10.4. The molecule has 142 valence electrons. The van der Waals surface area contributed by atoms with E-state index in [1.54, 1.807) is 14.2 Å². The van der Waals surface area contributed by atoms with Gasteiger partial charge in [0.25, 0.3) is 0 Å². The molecule has 0 spiro atoms. The smallest absolute Gasteiger partial charge is 0.191 e. The number of benzene rings is 1. The van der Waals surface area contributed by atoms with E-state index in [4.69, 9.17) is 25.8 Å². The molecule has 0 aliphatic carbocycles. The van der Waals surface area contributed by atoms with E-state index in [1.165, 1.54) is 0 Å². The molecule has 0 atom stereocenters. The number of hydrogen-bond donors (Lipinski definition) is 2. The molecule has 1 rings (SSSR count). The SMILES string of the molecule is CCNC(=NCc1cc(Cl)c(OCC)c(OC)c1)NCC(C)(C)OC. The average Bonchev–Trinajstić information content (AvgIpc) is 2.59. The van der Waals surface area contributed by atoms with Crippen LogP contribution in [0, 0.1) is 0 Å². The Bertz CT molecular complexity index is 577. The Balaban J connectivity index is 2.89. The van der Waals surface area contributed by atoms with Crippen molar-refractivity contribution in [1.29, 1.82) is 0 Å². The molecule has 1 aromatic rings. The van der Waals surface area contributed by atoms with Crippen molar-refractivity contribution >= 4 is 17.6 Å². The summed E-state index contributed by atoms with van der Waals surface area (Å²) in [5.74, 6) is 1.89. The van der Waals surface area contributed by atoms with Crippen LogP contribution in [0.3, 0.4) is 0 Å². The molecule has 0 amide bonds. The van der Waals surface area contributed by atoms with Crippen LogP contribution >= 0.6 is 11.6 Å². The Kier molecular flexibility index (Phi) is 8.86. The zero-order chi connectivity index (χ0) is 18.9. The molecule has 0 unspecified atom stereocenters. The highest BCUT2D eigenvalue weighted by molar-refractivity contribution is 6.32. The number of guanidine groups is 1. The predicted octanol–water partition coefficient (Wildman–Crippen LogP) is 3.23. The molecule has 6 nitrogen and oxygen atoms in total. The Labute approximate surface area is 155 Å². The van der Waals surface area contributed by atoms with Gasteiger partial charge in [-0.05, 0) is 45.4 Å². The van der Waals surface area contributed by atoms with E-state index in [2.05, 4.69) is 15.6 Å². The van der Waals surface area contributed by atoms with Crippen LogP contribution in [0.1, 0.15) is 33.3 Å². The molecule has 1 aromatic carbocycles. The van der Waals surface area contributed by atoms with E-state index in [1.807, 2.05) is 39.8 Å². The van der Waals surface area contributed by atoms with Crippen LogP contribution < -0.4 is 20.1 Å². The third-order valence-corrected chi connectivity index (χ3v) is 3.86. The van der Waals surface area contributed by atoms with Gasteiger partial charge >= 0.3 is 0 Å². The Morgan fingerprint density at radius 1 is 1.20 bits per heavy atom. The van der Waals surface area contributed by atoms with E-state index < -0.39 is 0 Å². The van der Waals surface area contributed by atoms with Crippen molar-refractivity contribution in [1.82, 2.24) is 10.6 Å². The molecule has 0 aliphatic rings. The zero-order valence-corrected chi connectivity index (χ0v) is 16.8. The fourth-order valence-corrected chi connectivity index (χ4v) is 2.32. The van der Waals surface area contributed by atoms with E-state index in [9.17, 15) is 0 Å². The van der Waals surface area contributed by atoms with Crippen LogP contribution in [-0.4, -0.2) is 45.5 Å². The summed E-state index contributed by atoms with van der Waals surface area (Å²) in [5.41, 5.74) is 0.663. The van der Waals surface area contributed by atoms with Crippen LogP contribution in [0.25, 0.3) is 0 Å². The number of nitrogens with one attached hydrogen (secondary N) is 2. The topological polar surface area (TPSA) is 64.1 Å². The molecule has 0 saturated carbocycles. The van der Waals surface area contributed by atoms with Gasteiger partial charge in [-0.3, -0.25) is 0 Å². The minimum absolute atomic E-state index is 0.276. The summed E-state index contributed by atoms with van der Waals surface area (Å²) in [6.07, 6.45) is 0. The van der Waals surface area contributed by atoms with Crippen molar-refractivity contribution in [2.24, 2.45) is 4.99 Å². The van der Waals surface area contributed by atoms with Crippen LogP contribution in [0.2, 0.25) is 5.02 Å². The number of nitrogens with zero attached hydrogens (tertiary/aromatic N) is 1. The standard InChI is InChI=1S/C18H30ClN3O3/c1-7-20-17(22-12-18(3,4)24-6)21-11-13-9-14(19)16(25-8-2)15(10-13)23-5/h9-10H,7-8,11-12H2,1-6H3,(H2,20,21,22). The van der Waals surface area contributed by atoms with Gasteiger partial charge in [0.05, 0.1) is 30.9 Å². The van der Waals surface area contributed by atoms with E-state index >= 15 is 0 Å². The van der Waals surface area contributed by atoms with Crippen molar-refractivity contribution in [2.75, 3.05) is 33.9 Å². The molecule has 0 saturated heterocycles. The fourth-order valence-electron chi connectivity index (χ4n) is 2.03. The molecule has 0 radical (unpaired) electrons. The Morgan fingerprint density at radius 3 is 2.48 bits per heavy atom. The second-order valence-corrected chi connectivity index (χ2v) is 6.46. The lowest BCUT2D eigenvalue weighted by atomic mass is 10.1. The molecule has 2 N–H and O–H groups in total. The van der Waals surface area contributed by atoms with E-state index in [-0.39, 0.29) is 5.60 Å². The quantitative estimate of drug-likeness (QED) is 0.515. The van der Waals surface area contributed by atoms with Gasteiger partial charge in [0.15, 0.2) is 17.5 Å². The van der Waals surface area contributed by atoms with Gasteiger partial charge in [0.1, 0.15) is 0 Å². The monoisotopic (exact) mass is 371 g/mol. The number of aliphatic imine (C=N–C) groups is 1. The third kappa shape index (κ3) is 7.00. The second-order valence-electron chi connectivity index (χ2n) is 6.05. The Morgan fingerprint density at radius 2 is 1.92 bits per heavy atom. The molecular formula is C18H30ClN3O3. The van der Waals surface area contributed by atoms with Crippen LogP contribution in [0.4, 0.5) is 0 Å². The molecule has 0 aliphatic heterocycles. The molecule has 25 heavy (non-hydrogen) atoms. The molecule has 0 bridgehead atoms. The lowest BCUT2D eigenvalue weighted by Crippen LogP contribution is -2.45. The normalized spacial score (nSPS) is 12.0. The maximum atomic E-state index is 6.31. The number of rotatable bonds is 9. The van der Waals surface area contributed by atoms with Gasteiger partial charge in [-0.2, -0.15) is 0 Å². The van der Waals surface area contributed by atoms with Crippen molar-refractivity contribution < 1.29 is 14.2 Å². The highest BCUT2D eigenvalue weighted by atomic mass is 35.5. The van der Waals surface area contributed by atoms with Gasteiger partial charge in [-0.15, -0.1) is 0 Å². The first kappa shape index (κ1) is 21.4. The summed E-state index contributed by atoms with van der Waals surface area (Å²) >= 11 is 6.31. The van der Waals surface area contributed by atoms with Crippen LogP contribution in [-0.2, 0) is 11.3 Å². The number of halogens is 1. The lowest BCUT2D eigenvalue weighted by molar-refractivity contribution is 0.0268. The summed E-state index contributed by atoms with van der Waals surface area (Å²) in [7, 11) is 3.29. The first-order valence-electron chi connectivity index (χ1n) is 8.43. The van der Waals surface area contributed by atoms with E-state index in [0.29, 0.717) is 36.2 Å². The van der Waals surface area contributed by atoms with Crippen molar-refractivity contribution in [3.63, 3.8) is 0 Å². The van der Waals surface area contributed by atoms with Gasteiger partial charge in [-0.25, -0.2) is 4.99 Å². The molecule has 0 aromatic heterocycles. The lowest BCUT2D eigenvalue weighted by Gasteiger charge is -2.24. The van der Waals surface area contributed by atoms with Crippen molar-refractivity contribution in [2.45, 2.75) is 39.8 Å². The minimum Gasteiger partial charge on any atom is -0.493 e. The summed E-state index contributed by atoms with van der Waals surface area (Å²) < 4.78 is 16.3. The summed E-state index contributed by atoms with van der Waals surface area (Å²) in [4.78, 5) is 4.60.